The van der Waals surface area contributed by atoms with Crippen LogP contribution in [0.3, 0.4) is 0 Å². The molecule has 0 radical (unpaired) electrons. The van der Waals surface area contributed by atoms with E-state index in [1.165, 1.54) is 0 Å². The lowest BCUT2D eigenvalue weighted by Crippen LogP contribution is -2.21. The number of carbonyl (C=O) groups is 2. The minimum absolute atomic E-state index is 0.302. The van der Waals surface area contributed by atoms with Crippen molar-refractivity contribution in [2.45, 2.75) is 20.3 Å². The van der Waals surface area contributed by atoms with Gasteiger partial charge in [0, 0.05) is 0 Å². The summed E-state index contributed by atoms with van der Waals surface area (Å²) in [5.41, 5.74) is 0. The number of para-hydroxylation sites is 1. The summed E-state index contributed by atoms with van der Waals surface area (Å²) < 4.78 is 9.30. The molecule has 0 aromatic heterocycles. The number of benzene rings is 1. The quantitative estimate of drug-likeness (QED) is 0.448. The molecule has 1 aromatic carbocycles. The summed E-state index contributed by atoms with van der Waals surface area (Å²) in [6, 6.07) is 8.45. The highest BCUT2D eigenvalue weighted by Gasteiger charge is 2.17. The zero-order chi connectivity index (χ0) is 12.0. The van der Waals surface area contributed by atoms with Crippen LogP contribution in [0.2, 0.25) is 0 Å². The van der Waals surface area contributed by atoms with Crippen molar-refractivity contribution in [3.63, 3.8) is 0 Å². The van der Waals surface area contributed by atoms with E-state index >= 15 is 0 Å². The first kappa shape index (κ1) is 12.2. The fourth-order valence-electron chi connectivity index (χ4n) is 0.955. The Kier molecular flexibility index (Phi) is 4.51. The molecular weight excluding hydrogens is 208 g/mol. The molecule has 0 aliphatic rings. The third-order valence-electron chi connectivity index (χ3n) is 2.14. The molecule has 16 heavy (non-hydrogen) atoms. The molecule has 0 fully saturated rings. The molecule has 0 N–H and O–H groups in total. The smallest absolute Gasteiger partial charge is 0.395 e. The summed E-state index contributed by atoms with van der Waals surface area (Å²) in [5, 5.41) is 0. The van der Waals surface area contributed by atoms with Crippen molar-refractivity contribution in [3.8, 4) is 5.75 Å². The monoisotopic (exact) mass is 222 g/mol. The summed E-state index contributed by atoms with van der Waals surface area (Å²) in [6.07, 6.45) is -0.367. The first-order valence-electron chi connectivity index (χ1n) is 5.12. The van der Waals surface area contributed by atoms with E-state index in [-0.39, 0.29) is 5.92 Å². The Morgan fingerprint density at radius 2 is 1.88 bits per heavy atom. The van der Waals surface area contributed by atoms with Crippen molar-refractivity contribution in [2.75, 3.05) is 0 Å². The Labute approximate surface area is 94.2 Å². The van der Waals surface area contributed by atoms with Crippen molar-refractivity contribution >= 4 is 12.1 Å². The van der Waals surface area contributed by atoms with Gasteiger partial charge in [-0.15, -0.1) is 0 Å². The maximum absolute atomic E-state index is 11.3. The normalized spacial score (nSPS) is 11.6. The van der Waals surface area contributed by atoms with Gasteiger partial charge in [-0.25, -0.2) is 4.79 Å². The summed E-state index contributed by atoms with van der Waals surface area (Å²) in [5.74, 6) is -0.517. The maximum Gasteiger partial charge on any atom is 0.521 e. The highest BCUT2D eigenvalue weighted by molar-refractivity contribution is 5.84. The van der Waals surface area contributed by atoms with Gasteiger partial charge in [-0.2, -0.15) is 0 Å². The van der Waals surface area contributed by atoms with Gasteiger partial charge in [0.2, 0.25) is 0 Å². The molecule has 86 valence electrons. The second kappa shape index (κ2) is 5.90. The van der Waals surface area contributed by atoms with Gasteiger partial charge in [0.15, 0.2) is 0 Å². The number of esters is 1. The molecule has 0 saturated heterocycles. The predicted octanol–water partition coefficient (Wildman–Crippen LogP) is 2.77. The Hall–Kier alpha value is -1.84. The average molecular weight is 222 g/mol. The fourth-order valence-corrected chi connectivity index (χ4v) is 0.955. The van der Waals surface area contributed by atoms with Crippen molar-refractivity contribution in [1.82, 2.24) is 0 Å². The molecule has 0 aliphatic carbocycles. The fraction of sp³-hybridized carbons (Fsp3) is 0.333. The molecular formula is C12H14O4. The number of hydrogen-bond donors (Lipinski definition) is 0. The average Bonchev–Trinajstić information content (AvgIpc) is 2.29. The topological polar surface area (TPSA) is 52.6 Å². The molecule has 0 amide bonds. The van der Waals surface area contributed by atoms with Crippen LogP contribution in [0.5, 0.6) is 5.75 Å². The van der Waals surface area contributed by atoms with E-state index in [0.29, 0.717) is 12.2 Å². The van der Waals surface area contributed by atoms with Crippen LogP contribution >= 0.6 is 0 Å². The number of rotatable bonds is 3. The molecule has 1 aromatic rings. The summed E-state index contributed by atoms with van der Waals surface area (Å²) >= 11 is 0. The van der Waals surface area contributed by atoms with Gasteiger partial charge < -0.3 is 9.47 Å². The third kappa shape index (κ3) is 3.73. The van der Waals surface area contributed by atoms with Crippen molar-refractivity contribution in [2.24, 2.45) is 5.92 Å². The Balaban J connectivity index is 2.46. The number of ether oxygens (including phenoxy) is 2. The molecule has 1 rings (SSSR count). The van der Waals surface area contributed by atoms with E-state index in [1.54, 1.807) is 37.3 Å². The predicted molar refractivity (Wildman–Crippen MR) is 58.0 cm³/mol. The minimum atomic E-state index is -0.989. The standard InChI is InChI=1S/C12H14O4/c1-3-9(2)11(13)16-12(14)15-10-7-5-4-6-8-10/h4-9H,3H2,1-2H3. The van der Waals surface area contributed by atoms with Crippen LogP contribution in [0.4, 0.5) is 4.79 Å². The minimum Gasteiger partial charge on any atom is -0.395 e. The van der Waals surface area contributed by atoms with E-state index in [2.05, 4.69) is 4.74 Å². The SMILES string of the molecule is CCC(C)C(=O)OC(=O)Oc1ccccc1. The van der Waals surface area contributed by atoms with E-state index < -0.39 is 12.1 Å². The zero-order valence-electron chi connectivity index (χ0n) is 9.30. The zero-order valence-corrected chi connectivity index (χ0v) is 9.30. The second-order valence-electron chi connectivity index (χ2n) is 3.40. The first-order valence-corrected chi connectivity index (χ1v) is 5.12. The highest BCUT2D eigenvalue weighted by atomic mass is 16.7. The lowest BCUT2D eigenvalue weighted by molar-refractivity contribution is -0.142. The van der Waals surface area contributed by atoms with Crippen molar-refractivity contribution in [3.05, 3.63) is 30.3 Å². The van der Waals surface area contributed by atoms with E-state index in [4.69, 9.17) is 4.74 Å². The highest BCUT2D eigenvalue weighted by Crippen LogP contribution is 2.10. The van der Waals surface area contributed by atoms with Crippen LogP contribution in [0.1, 0.15) is 20.3 Å². The Morgan fingerprint density at radius 1 is 1.25 bits per heavy atom. The maximum atomic E-state index is 11.3. The second-order valence-corrected chi connectivity index (χ2v) is 3.40. The van der Waals surface area contributed by atoms with Gasteiger partial charge in [-0.1, -0.05) is 32.0 Å². The molecule has 0 saturated carbocycles. The molecule has 0 heterocycles. The van der Waals surface area contributed by atoms with E-state index in [1.807, 2.05) is 6.92 Å². The van der Waals surface area contributed by atoms with Crippen LogP contribution in [0.15, 0.2) is 30.3 Å². The summed E-state index contributed by atoms with van der Waals surface area (Å²) in [4.78, 5) is 22.4. The van der Waals surface area contributed by atoms with Gasteiger partial charge in [0.1, 0.15) is 5.75 Å². The molecule has 0 bridgehead atoms. The molecule has 0 aliphatic heterocycles. The van der Waals surface area contributed by atoms with Gasteiger partial charge in [-0.3, -0.25) is 4.79 Å². The number of carbonyl (C=O) groups excluding carboxylic acids is 2. The van der Waals surface area contributed by atoms with Crippen LogP contribution in [0.25, 0.3) is 0 Å². The van der Waals surface area contributed by atoms with Crippen LogP contribution < -0.4 is 4.74 Å². The van der Waals surface area contributed by atoms with Gasteiger partial charge in [-0.05, 0) is 18.6 Å². The molecule has 4 nitrogen and oxygen atoms in total. The molecule has 0 spiro atoms. The Morgan fingerprint density at radius 3 is 2.44 bits per heavy atom. The van der Waals surface area contributed by atoms with E-state index in [0.717, 1.165) is 0 Å². The molecule has 1 unspecified atom stereocenters. The third-order valence-corrected chi connectivity index (χ3v) is 2.14. The molecule has 4 heteroatoms. The summed E-state index contributed by atoms with van der Waals surface area (Å²) in [6.45, 7) is 3.53. The van der Waals surface area contributed by atoms with Crippen molar-refractivity contribution in [1.29, 1.82) is 0 Å². The lowest BCUT2D eigenvalue weighted by atomic mass is 10.1. The lowest BCUT2D eigenvalue weighted by Gasteiger charge is -2.07. The van der Waals surface area contributed by atoms with Gasteiger partial charge >= 0.3 is 12.1 Å². The van der Waals surface area contributed by atoms with Crippen LogP contribution in [0, 0.1) is 5.92 Å². The van der Waals surface area contributed by atoms with Crippen molar-refractivity contribution < 1.29 is 19.1 Å². The molecule has 1 atom stereocenters. The van der Waals surface area contributed by atoms with E-state index in [9.17, 15) is 9.59 Å². The van der Waals surface area contributed by atoms with Crippen LogP contribution in [-0.4, -0.2) is 12.1 Å². The first-order chi connectivity index (χ1) is 7.63. The summed E-state index contributed by atoms with van der Waals surface area (Å²) in [7, 11) is 0. The largest absolute Gasteiger partial charge is 0.521 e. The van der Waals surface area contributed by atoms with Gasteiger partial charge in [0.05, 0.1) is 5.92 Å². The van der Waals surface area contributed by atoms with Crippen LogP contribution in [-0.2, 0) is 9.53 Å². The van der Waals surface area contributed by atoms with Gasteiger partial charge in [0.25, 0.3) is 0 Å². The Bertz CT molecular complexity index is 359. The number of hydrogen-bond acceptors (Lipinski definition) is 4.